The molecular formula is C14H19FN4OS. The summed E-state index contributed by atoms with van der Waals surface area (Å²) in [4.78, 5) is 12.2. The number of rotatable bonds is 6. The quantitative estimate of drug-likeness (QED) is 0.860. The molecule has 1 aromatic carbocycles. The van der Waals surface area contributed by atoms with Gasteiger partial charge in [-0.05, 0) is 43.8 Å². The van der Waals surface area contributed by atoms with Crippen molar-refractivity contribution in [2.45, 2.75) is 36.4 Å². The highest BCUT2D eigenvalue weighted by Crippen LogP contribution is 2.33. The summed E-state index contributed by atoms with van der Waals surface area (Å²) >= 11 is 1.28. The molecule has 1 heterocycles. The first-order valence-electron chi connectivity index (χ1n) is 6.85. The molecule has 2 rings (SSSR count). The lowest BCUT2D eigenvalue weighted by Gasteiger charge is -2.18. The Morgan fingerprint density at radius 3 is 2.90 bits per heavy atom. The molecule has 0 spiro atoms. The van der Waals surface area contributed by atoms with Crippen molar-refractivity contribution in [3.8, 4) is 0 Å². The van der Waals surface area contributed by atoms with Gasteiger partial charge < -0.3 is 5.32 Å². The number of benzene rings is 1. The second-order valence-corrected chi connectivity index (χ2v) is 5.81. The standard InChI is InChI=1S/C14H19FN4OS/c1-4-8-16-9(2)12-10(15)6-5-7-11(12)21-14-18-17-13(20)19(14)3/h5-7,9,16H,4,8H2,1-3H3,(H,17,20). The first-order chi connectivity index (χ1) is 10.0. The fraction of sp³-hybridized carbons (Fsp3) is 0.429. The number of aromatic amines is 1. The molecule has 0 saturated carbocycles. The molecular weight excluding hydrogens is 291 g/mol. The Bertz CT molecular complexity index is 667. The summed E-state index contributed by atoms with van der Waals surface area (Å²) in [6, 6.07) is 4.85. The van der Waals surface area contributed by atoms with Crippen molar-refractivity contribution in [2.24, 2.45) is 7.05 Å². The zero-order valence-corrected chi connectivity index (χ0v) is 13.1. The number of nitrogens with zero attached hydrogens (tertiary/aromatic N) is 2. The molecule has 1 unspecified atom stereocenters. The van der Waals surface area contributed by atoms with E-state index in [4.69, 9.17) is 0 Å². The second-order valence-electron chi connectivity index (χ2n) is 4.80. The maximum Gasteiger partial charge on any atom is 0.343 e. The molecule has 5 nitrogen and oxygen atoms in total. The van der Waals surface area contributed by atoms with Crippen LogP contribution in [0.3, 0.4) is 0 Å². The predicted octanol–water partition coefficient (Wildman–Crippen LogP) is 2.46. The topological polar surface area (TPSA) is 62.7 Å². The maximum absolute atomic E-state index is 14.2. The predicted molar refractivity (Wildman–Crippen MR) is 81.1 cm³/mol. The van der Waals surface area contributed by atoms with Gasteiger partial charge in [-0.3, -0.25) is 4.57 Å². The lowest BCUT2D eigenvalue weighted by Crippen LogP contribution is -2.21. The van der Waals surface area contributed by atoms with Crippen molar-refractivity contribution in [1.29, 1.82) is 0 Å². The van der Waals surface area contributed by atoms with Crippen molar-refractivity contribution in [2.75, 3.05) is 6.54 Å². The molecule has 1 atom stereocenters. The SMILES string of the molecule is CCCNC(C)c1c(F)cccc1Sc1n[nH]c(=O)n1C. The van der Waals surface area contributed by atoms with Gasteiger partial charge in [0.25, 0.3) is 0 Å². The van der Waals surface area contributed by atoms with Crippen LogP contribution < -0.4 is 11.0 Å². The fourth-order valence-corrected chi connectivity index (χ4v) is 3.05. The third-order valence-electron chi connectivity index (χ3n) is 3.19. The van der Waals surface area contributed by atoms with Gasteiger partial charge in [-0.2, -0.15) is 0 Å². The summed E-state index contributed by atoms with van der Waals surface area (Å²) in [5.41, 5.74) is 0.319. The molecule has 0 aliphatic rings. The van der Waals surface area contributed by atoms with E-state index in [1.165, 1.54) is 22.4 Å². The number of hydrogen-bond donors (Lipinski definition) is 2. The maximum atomic E-state index is 14.2. The minimum atomic E-state index is -0.285. The van der Waals surface area contributed by atoms with E-state index in [0.29, 0.717) is 10.7 Å². The Hall–Kier alpha value is -1.60. The lowest BCUT2D eigenvalue weighted by atomic mass is 10.1. The van der Waals surface area contributed by atoms with Crippen molar-refractivity contribution >= 4 is 11.8 Å². The highest BCUT2D eigenvalue weighted by molar-refractivity contribution is 7.99. The van der Waals surface area contributed by atoms with E-state index < -0.39 is 0 Å². The fourth-order valence-electron chi connectivity index (χ4n) is 2.01. The van der Waals surface area contributed by atoms with Crippen LogP contribution in [0.5, 0.6) is 0 Å². The highest BCUT2D eigenvalue weighted by Gasteiger charge is 2.17. The van der Waals surface area contributed by atoms with Gasteiger partial charge in [0.05, 0.1) is 0 Å². The summed E-state index contributed by atoms with van der Waals surface area (Å²) < 4.78 is 15.6. The van der Waals surface area contributed by atoms with Gasteiger partial charge in [0.2, 0.25) is 0 Å². The van der Waals surface area contributed by atoms with E-state index in [2.05, 4.69) is 22.4 Å². The Morgan fingerprint density at radius 1 is 1.52 bits per heavy atom. The van der Waals surface area contributed by atoms with Crippen LogP contribution in [0.25, 0.3) is 0 Å². The molecule has 0 aliphatic carbocycles. The van der Waals surface area contributed by atoms with E-state index in [-0.39, 0.29) is 17.5 Å². The van der Waals surface area contributed by atoms with E-state index in [0.717, 1.165) is 17.9 Å². The lowest BCUT2D eigenvalue weighted by molar-refractivity contribution is 0.518. The average Bonchev–Trinajstić information content (AvgIpc) is 2.77. The first-order valence-corrected chi connectivity index (χ1v) is 7.67. The van der Waals surface area contributed by atoms with E-state index >= 15 is 0 Å². The van der Waals surface area contributed by atoms with Gasteiger partial charge in [0.1, 0.15) is 5.82 Å². The average molecular weight is 310 g/mol. The van der Waals surface area contributed by atoms with Crippen molar-refractivity contribution < 1.29 is 4.39 Å². The van der Waals surface area contributed by atoms with Crippen LogP contribution in [0.15, 0.2) is 33.0 Å². The zero-order valence-electron chi connectivity index (χ0n) is 12.3. The van der Waals surface area contributed by atoms with E-state index in [1.54, 1.807) is 13.1 Å². The second kappa shape index (κ2) is 6.91. The molecule has 1 aromatic heterocycles. The van der Waals surface area contributed by atoms with Crippen molar-refractivity contribution in [1.82, 2.24) is 20.1 Å². The smallest absolute Gasteiger partial charge is 0.310 e. The van der Waals surface area contributed by atoms with Crippen LogP contribution in [0, 0.1) is 5.82 Å². The number of H-pyrrole nitrogens is 1. The van der Waals surface area contributed by atoms with Gasteiger partial charge in [-0.25, -0.2) is 14.3 Å². The minimum absolute atomic E-state index is 0.107. The van der Waals surface area contributed by atoms with Crippen LogP contribution in [0.2, 0.25) is 0 Å². The number of halogens is 1. The molecule has 0 bridgehead atoms. The van der Waals surface area contributed by atoms with Crippen molar-refractivity contribution in [3.63, 3.8) is 0 Å². The highest BCUT2D eigenvalue weighted by atomic mass is 32.2. The van der Waals surface area contributed by atoms with Crippen LogP contribution in [0.4, 0.5) is 4.39 Å². The van der Waals surface area contributed by atoms with Gasteiger partial charge in [0.15, 0.2) is 5.16 Å². The summed E-state index contributed by atoms with van der Waals surface area (Å²) in [5, 5.41) is 10.1. The Balaban J connectivity index is 2.33. The third-order valence-corrected chi connectivity index (χ3v) is 4.31. The van der Waals surface area contributed by atoms with E-state index in [9.17, 15) is 9.18 Å². The van der Waals surface area contributed by atoms with Crippen LogP contribution in [-0.2, 0) is 7.05 Å². The third kappa shape index (κ3) is 3.54. The van der Waals surface area contributed by atoms with Crippen LogP contribution >= 0.6 is 11.8 Å². The largest absolute Gasteiger partial charge is 0.343 e. The van der Waals surface area contributed by atoms with Gasteiger partial charge in [0, 0.05) is 23.5 Å². The van der Waals surface area contributed by atoms with Gasteiger partial charge in [-0.1, -0.05) is 13.0 Å². The molecule has 2 N–H and O–H groups in total. The summed E-state index contributed by atoms with van der Waals surface area (Å²) in [5.74, 6) is -0.253. The molecule has 114 valence electrons. The monoisotopic (exact) mass is 310 g/mol. The molecule has 0 radical (unpaired) electrons. The molecule has 2 aromatic rings. The first kappa shape index (κ1) is 15.8. The van der Waals surface area contributed by atoms with Crippen molar-refractivity contribution in [3.05, 3.63) is 40.1 Å². The number of aromatic nitrogens is 3. The van der Waals surface area contributed by atoms with Gasteiger partial charge in [-0.15, -0.1) is 5.10 Å². The summed E-state index contributed by atoms with van der Waals surface area (Å²) in [6.07, 6.45) is 0.981. The molecule has 0 fully saturated rings. The summed E-state index contributed by atoms with van der Waals surface area (Å²) in [7, 11) is 1.63. The molecule has 21 heavy (non-hydrogen) atoms. The van der Waals surface area contributed by atoms with Gasteiger partial charge >= 0.3 is 5.69 Å². The summed E-state index contributed by atoms with van der Waals surface area (Å²) in [6.45, 7) is 4.82. The zero-order chi connectivity index (χ0) is 15.4. The number of nitrogens with one attached hydrogen (secondary N) is 2. The Morgan fingerprint density at radius 2 is 2.29 bits per heavy atom. The normalized spacial score (nSPS) is 12.6. The molecule has 0 aliphatic heterocycles. The molecule has 0 amide bonds. The Labute approximate surface area is 127 Å². The molecule has 0 saturated heterocycles. The molecule has 7 heteroatoms. The Kier molecular flexibility index (Phi) is 5.19. The van der Waals surface area contributed by atoms with Crippen LogP contribution in [-0.4, -0.2) is 21.3 Å². The van der Waals surface area contributed by atoms with Crippen LogP contribution in [0.1, 0.15) is 31.9 Å². The minimum Gasteiger partial charge on any atom is -0.310 e. The van der Waals surface area contributed by atoms with E-state index in [1.807, 2.05) is 13.0 Å². The number of hydrogen-bond acceptors (Lipinski definition) is 4.